The Hall–Kier alpha value is -1.53. The maximum atomic E-state index is 12.5. The fourth-order valence-corrected chi connectivity index (χ4v) is 1.07. The van der Waals surface area contributed by atoms with E-state index in [0.717, 1.165) is 6.07 Å². The zero-order valence-corrected chi connectivity index (χ0v) is 9.18. The largest absolute Gasteiger partial charge is 0.433 e. The van der Waals surface area contributed by atoms with Gasteiger partial charge in [0, 0.05) is 19.2 Å². The maximum Gasteiger partial charge on any atom is 0.433 e. The van der Waals surface area contributed by atoms with E-state index >= 15 is 0 Å². The van der Waals surface area contributed by atoms with Crippen LogP contribution < -0.4 is 10.6 Å². The smallest absolute Gasteiger partial charge is 0.368 e. The summed E-state index contributed by atoms with van der Waals surface area (Å²) in [6.07, 6.45) is -4.47. The standard InChI is InChI=1S/C9H13F3N4/c1-5(2)14-7-4-6(9(10,11)12)15-8(13-3)16-7/h4-5H,1-3H3,(H2,13,14,15,16). The molecule has 2 N–H and O–H groups in total. The lowest BCUT2D eigenvalue weighted by molar-refractivity contribution is -0.141. The molecule has 0 aromatic carbocycles. The Bertz CT molecular complexity index is 362. The van der Waals surface area contributed by atoms with Gasteiger partial charge in [-0.05, 0) is 13.8 Å². The SMILES string of the molecule is CNc1nc(NC(C)C)cc(C(F)(F)F)n1. The summed E-state index contributed by atoms with van der Waals surface area (Å²) < 4.78 is 37.4. The van der Waals surface area contributed by atoms with Gasteiger partial charge in [0.2, 0.25) is 5.95 Å². The van der Waals surface area contributed by atoms with Crippen molar-refractivity contribution in [3.05, 3.63) is 11.8 Å². The van der Waals surface area contributed by atoms with Gasteiger partial charge in [0.1, 0.15) is 5.82 Å². The topological polar surface area (TPSA) is 49.8 Å². The fraction of sp³-hybridized carbons (Fsp3) is 0.556. The van der Waals surface area contributed by atoms with Crippen molar-refractivity contribution in [2.75, 3.05) is 17.7 Å². The first-order valence-electron chi connectivity index (χ1n) is 4.73. The van der Waals surface area contributed by atoms with E-state index in [9.17, 15) is 13.2 Å². The minimum atomic E-state index is -4.47. The van der Waals surface area contributed by atoms with Crippen LogP contribution in [-0.4, -0.2) is 23.1 Å². The Kier molecular flexibility index (Phi) is 3.56. The van der Waals surface area contributed by atoms with Gasteiger partial charge in [0.15, 0.2) is 5.69 Å². The predicted octanol–water partition coefficient (Wildman–Crippen LogP) is 2.36. The van der Waals surface area contributed by atoms with Crippen molar-refractivity contribution in [1.29, 1.82) is 0 Å². The number of halogens is 3. The van der Waals surface area contributed by atoms with Gasteiger partial charge < -0.3 is 10.6 Å². The number of nitrogens with zero attached hydrogens (tertiary/aromatic N) is 2. The van der Waals surface area contributed by atoms with Crippen LogP contribution in [0.5, 0.6) is 0 Å². The summed E-state index contributed by atoms with van der Waals surface area (Å²) >= 11 is 0. The third-order valence-corrected chi connectivity index (χ3v) is 1.68. The molecule has 1 heterocycles. The van der Waals surface area contributed by atoms with Crippen LogP contribution in [0.25, 0.3) is 0 Å². The number of nitrogens with one attached hydrogen (secondary N) is 2. The number of aromatic nitrogens is 2. The number of hydrogen-bond donors (Lipinski definition) is 2. The van der Waals surface area contributed by atoms with Crippen LogP contribution in [-0.2, 0) is 6.18 Å². The van der Waals surface area contributed by atoms with Gasteiger partial charge in [-0.2, -0.15) is 18.2 Å². The Balaban J connectivity index is 3.11. The average molecular weight is 234 g/mol. The minimum absolute atomic E-state index is 0.000639. The molecule has 0 bridgehead atoms. The van der Waals surface area contributed by atoms with Gasteiger partial charge in [-0.3, -0.25) is 0 Å². The van der Waals surface area contributed by atoms with E-state index in [1.54, 1.807) is 0 Å². The highest BCUT2D eigenvalue weighted by atomic mass is 19.4. The van der Waals surface area contributed by atoms with Gasteiger partial charge in [-0.25, -0.2) is 4.98 Å². The maximum absolute atomic E-state index is 12.5. The normalized spacial score (nSPS) is 11.7. The number of rotatable bonds is 3. The molecule has 7 heteroatoms. The van der Waals surface area contributed by atoms with E-state index < -0.39 is 11.9 Å². The zero-order valence-electron chi connectivity index (χ0n) is 9.18. The highest BCUT2D eigenvalue weighted by Crippen LogP contribution is 2.29. The molecule has 16 heavy (non-hydrogen) atoms. The second-order valence-corrected chi connectivity index (χ2v) is 3.51. The quantitative estimate of drug-likeness (QED) is 0.842. The van der Waals surface area contributed by atoms with Crippen molar-refractivity contribution >= 4 is 11.8 Å². The molecule has 0 saturated carbocycles. The van der Waals surface area contributed by atoms with Crippen molar-refractivity contribution in [2.24, 2.45) is 0 Å². The molecule has 0 aliphatic carbocycles. The second kappa shape index (κ2) is 4.54. The summed E-state index contributed by atoms with van der Waals surface area (Å²) in [6, 6.07) is 0.890. The van der Waals surface area contributed by atoms with E-state index in [1.807, 2.05) is 13.8 Å². The van der Waals surface area contributed by atoms with Crippen LogP contribution in [0.1, 0.15) is 19.5 Å². The first kappa shape index (κ1) is 12.5. The molecular formula is C9H13F3N4. The zero-order chi connectivity index (χ0) is 12.3. The molecule has 1 aromatic heterocycles. The van der Waals surface area contributed by atoms with E-state index in [1.165, 1.54) is 7.05 Å². The fourth-order valence-electron chi connectivity index (χ4n) is 1.07. The first-order chi connectivity index (χ1) is 7.32. The number of alkyl halides is 3. The molecule has 90 valence electrons. The minimum Gasteiger partial charge on any atom is -0.368 e. The highest BCUT2D eigenvalue weighted by Gasteiger charge is 2.33. The van der Waals surface area contributed by atoms with Crippen LogP contribution >= 0.6 is 0 Å². The first-order valence-corrected chi connectivity index (χ1v) is 4.73. The molecule has 0 spiro atoms. The van der Waals surface area contributed by atoms with E-state index in [4.69, 9.17) is 0 Å². The third-order valence-electron chi connectivity index (χ3n) is 1.68. The van der Waals surface area contributed by atoms with Gasteiger partial charge in [-0.15, -0.1) is 0 Å². The summed E-state index contributed by atoms with van der Waals surface area (Å²) in [6.45, 7) is 3.63. The Morgan fingerprint density at radius 2 is 1.88 bits per heavy atom. The molecule has 0 radical (unpaired) electrons. The average Bonchev–Trinajstić information content (AvgIpc) is 2.14. The molecule has 1 rings (SSSR count). The van der Waals surface area contributed by atoms with E-state index in [2.05, 4.69) is 20.6 Å². The number of anilines is 2. The molecule has 1 aromatic rings. The van der Waals surface area contributed by atoms with Crippen molar-refractivity contribution in [3.8, 4) is 0 Å². The number of hydrogen-bond acceptors (Lipinski definition) is 4. The molecule has 0 amide bonds. The lowest BCUT2D eigenvalue weighted by atomic mass is 10.3. The molecule has 0 aliphatic rings. The lowest BCUT2D eigenvalue weighted by Gasteiger charge is -2.13. The summed E-state index contributed by atoms with van der Waals surface area (Å²) in [5, 5.41) is 5.29. The second-order valence-electron chi connectivity index (χ2n) is 3.51. The molecule has 0 saturated heterocycles. The summed E-state index contributed by atoms with van der Waals surface area (Å²) in [7, 11) is 1.47. The van der Waals surface area contributed by atoms with Crippen LogP contribution in [0.4, 0.5) is 24.9 Å². The van der Waals surface area contributed by atoms with Crippen LogP contribution in [0.2, 0.25) is 0 Å². The molecule has 0 aliphatic heterocycles. The van der Waals surface area contributed by atoms with Gasteiger partial charge in [0.25, 0.3) is 0 Å². The Labute approximate surface area is 91.3 Å². The van der Waals surface area contributed by atoms with Crippen molar-refractivity contribution in [1.82, 2.24) is 9.97 Å². The summed E-state index contributed by atoms with van der Waals surface area (Å²) in [5.74, 6) is 0.0969. The third kappa shape index (κ3) is 3.25. The molecule has 0 fully saturated rings. The van der Waals surface area contributed by atoms with Gasteiger partial charge in [-0.1, -0.05) is 0 Å². The summed E-state index contributed by atoms with van der Waals surface area (Å²) in [4.78, 5) is 7.22. The van der Waals surface area contributed by atoms with Crippen molar-refractivity contribution in [2.45, 2.75) is 26.1 Å². The van der Waals surface area contributed by atoms with Gasteiger partial charge in [0.05, 0.1) is 0 Å². The Morgan fingerprint density at radius 1 is 1.25 bits per heavy atom. The van der Waals surface area contributed by atoms with Crippen LogP contribution in [0.3, 0.4) is 0 Å². The van der Waals surface area contributed by atoms with Crippen molar-refractivity contribution in [3.63, 3.8) is 0 Å². The van der Waals surface area contributed by atoms with E-state index in [-0.39, 0.29) is 17.8 Å². The Morgan fingerprint density at radius 3 is 2.31 bits per heavy atom. The monoisotopic (exact) mass is 234 g/mol. The summed E-state index contributed by atoms with van der Waals surface area (Å²) in [5.41, 5.74) is -0.963. The molecule has 0 atom stereocenters. The highest BCUT2D eigenvalue weighted by molar-refractivity contribution is 5.43. The van der Waals surface area contributed by atoms with Crippen molar-refractivity contribution < 1.29 is 13.2 Å². The van der Waals surface area contributed by atoms with Gasteiger partial charge >= 0.3 is 6.18 Å². The van der Waals surface area contributed by atoms with Crippen LogP contribution in [0, 0.1) is 0 Å². The molecular weight excluding hydrogens is 221 g/mol. The predicted molar refractivity (Wildman–Crippen MR) is 55.3 cm³/mol. The van der Waals surface area contributed by atoms with Crippen LogP contribution in [0.15, 0.2) is 6.07 Å². The lowest BCUT2D eigenvalue weighted by Crippen LogP contribution is -2.16. The van der Waals surface area contributed by atoms with E-state index in [0.29, 0.717) is 0 Å². The molecule has 4 nitrogen and oxygen atoms in total. The molecule has 0 unspecified atom stereocenters.